The van der Waals surface area contributed by atoms with E-state index in [1.165, 1.54) is 31.5 Å². The molecule has 0 saturated heterocycles. The Bertz CT molecular complexity index is 302. The van der Waals surface area contributed by atoms with E-state index in [0.29, 0.717) is 6.42 Å². The fourth-order valence-corrected chi connectivity index (χ4v) is 2.49. The predicted molar refractivity (Wildman–Crippen MR) is 85.2 cm³/mol. The summed E-state index contributed by atoms with van der Waals surface area (Å²) in [5.74, 6) is 1.45. The summed E-state index contributed by atoms with van der Waals surface area (Å²) in [5, 5.41) is 3.02. The molecule has 0 aromatic rings. The van der Waals surface area contributed by atoms with E-state index in [1.807, 2.05) is 0 Å². The smallest absolute Gasteiger partial charge is 0.220 e. The second kappa shape index (κ2) is 10.7. The number of amides is 1. The zero-order valence-corrected chi connectivity index (χ0v) is 13.3. The van der Waals surface area contributed by atoms with E-state index in [2.05, 4.69) is 29.1 Å². The summed E-state index contributed by atoms with van der Waals surface area (Å²) in [6.07, 6.45) is 8.85. The van der Waals surface area contributed by atoms with Crippen molar-refractivity contribution in [2.75, 3.05) is 26.2 Å². The summed E-state index contributed by atoms with van der Waals surface area (Å²) in [6.45, 7) is 7.98. The number of nitrogens with zero attached hydrogens (tertiary/aromatic N) is 2. The van der Waals surface area contributed by atoms with Gasteiger partial charge in [-0.2, -0.15) is 0 Å². The largest absolute Gasteiger partial charge is 0.357 e. The molecule has 4 heteroatoms. The SMILES string of the molecule is CCCCCC(=O)NCCN1CCN=C1CCCCC. The van der Waals surface area contributed by atoms with Gasteiger partial charge in [-0.3, -0.25) is 9.79 Å². The highest BCUT2D eigenvalue weighted by Crippen LogP contribution is 2.09. The van der Waals surface area contributed by atoms with Crippen LogP contribution in [0.4, 0.5) is 0 Å². The molecule has 20 heavy (non-hydrogen) atoms. The van der Waals surface area contributed by atoms with Gasteiger partial charge in [0.2, 0.25) is 5.91 Å². The van der Waals surface area contributed by atoms with Gasteiger partial charge in [-0.05, 0) is 12.8 Å². The second-order valence-corrected chi connectivity index (χ2v) is 5.55. The molecule has 1 heterocycles. The number of amidine groups is 1. The molecule has 0 aliphatic carbocycles. The highest BCUT2D eigenvalue weighted by Gasteiger charge is 2.15. The van der Waals surface area contributed by atoms with E-state index in [-0.39, 0.29) is 5.91 Å². The van der Waals surface area contributed by atoms with Crippen molar-refractivity contribution in [3.8, 4) is 0 Å². The Hall–Kier alpha value is -1.06. The van der Waals surface area contributed by atoms with Crippen LogP contribution >= 0.6 is 0 Å². The van der Waals surface area contributed by atoms with E-state index in [1.54, 1.807) is 0 Å². The Morgan fingerprint density at radius 3 is 2.70 bits per heavy atom. The fraction of sp³-hybridized carbons (Fsp3) is 0.875. The number of hydrogen-bond acceptors (Lipinski definition) is 3. The third-order valence-corrected chi connectivity index (χ3v) is 3.74. The highest BCUT2D eigenvalue weighted by molar-refractivity contribution is 5.83. The normalized spacial score (nSPS) is 14.5. The van der Waals surface area contributed by atoms with Crippen LogP contribution in [0.5, 0.6) is 0 Å². The molecule has 0 unspecified atom stereocenters. The fourth-order valence-electron chi connectivity index (χ4n) is 2.49. The minimum absolute atomic E-state index is 0.196. The van der Waals surface area contributed by atoms with Gasteiger partial charge in [-0.15, -0.1) is 0 Å². The third kappa shape index (κ3) is 6.92. The number of unbranched alkanes of at least 4 members (excludes halogenated alkanes) is 4. The maximum atomic E-state index is 11.6. The Labute approximate surface area is 124 Å². The number of rotatable bonds is 11. The molecule has 116 valence electrons. The highest BCUT2D eigenvalue weighted by atomic mass is 16.1. The Morgan fingerprint density at radius 1 is 1.20 bits per heavy atom. The van der Waals surface area contributed by atoms with Crippen LogP contribution in [-0.2, 0) is 4.79 Å². The zero-order valence-electron chi connectivity index (χ0n) is 13.3. The summed E-state index contributed by atoms with van der Waals surface area (Å²) in [5.41, 5.74) is 0. The summed E-state index contributed by atoms with van der Waals surface area (Å²) in [6, 6.07) is 0. The molecule has 1 amide bonds. The molecule has 0 atom stereocenters. The van der Waals surface area contributed by atoms with Crippen molar-refractivity contribution in [3.05, 3.63) is 0 Å². The topological polar surface area (TPSA) is 44.7 Å². The minimum Gasteiger partial charge on any atom is -0.357 e. The Balaban J connectivity index is 2.11. The minimum atomic E-state index is 0.196. The zero-order chi connectivity index (χ0) is 14.6. The lowest BCUT2D eigenvalue weighted by atomic mass is 10.2. The van der Waals surface area contributed by atoms with Crippen LogP contribution in [0.2, 0.25) is 0 Å². The predicted octanol–water partition coefficient (Wildman–Crippen LogP) is 2.98. The van der Waals surface area contributed by atoms with Crippen molar-refractivity contribution in [1.82, 2.24) is 10.2 Å². The van der Waals surface area contributed by atoms with Gasteiger partial charge in [0, 0.05) is 32.5 Å². The number of carbonyl (C=O) groups is 1. The molecule has 4 nitrogen and oxygen atoms in total. The van der Waals surface area contributed by atoms with Crippen LogP contribution in [0.25, 0.3) is 0 Å². The van der Waals surface area contributed by atoms with Crippen molar-refractivity contribution in [3.63, 3.8) is 0 Å². The summed E-state index contributed by atoms with van der Waals surface area (Å²) in [7, 11) is 0. The van der Waals surface area contributed by atoms with Crippen molar-refractivity contribution in [2.24, 2.45) is 4.99 Å². The van der Waals surface area contributed by atoms with Gasteiger partial charge in [-0.1, -0.05) is 39.5 Å². The monoisotopic (exact) mass is 281 g/mol. The average molecular weight is 281 g/mol. The van der Waals surface area contributed by atoms with Gasteiger partial charge >= 0.3 is 0 Å². The van der Waals surface area contributed by atoms with Gasteiger partial charge in [0.1, 0.15) is 0 Å². The Morgan fingerprint density at radius 2 is 1.95 bits per heavy atom. The lowest BCUT2D eigenvalue weighted by Gasteiger charge is -2.20. The molecule has 0 radical (unpaired) electrons. The molecule has 1 aliphatic heterocycles. The summed E-state index contributed by atoms with van der Waals surface area (Å²) in [4.78, 5) is 18.5. The first-order chi connectivity index (χ1) is 9.77. The molecule has 1 rings (SSSR count). The van der Waals surface area contributed by atoms with Crippen molar-refractivity contribution in [2.45, 2.75) is 65.2 Å². The molecule has 0 aromatic heterocycles. The van der Waals surface area contributed by atoms with Crippen LogP contribution in [0.1, 0.15) is 65.2 Å². The molecule has 0 bridgehead atoms. The van der Waals surface area contributed by atoms with Crippen molar-refractivity contribution >= 4 is 11.7 Å². The van der Waals surface area contributed by atoms with Crippen LogP contribution in [-0.4, -0.2) is 42.8 Å². The average Bonchev–Trinajstić information content (AvgIpc) is 2.87. The second-order valence-electron chi connectivity index (χ2n) is 5.55. The summed E-state index contributed by atoms with van der Waals surface area (Å²) < 4.78 is 0. The van der Waals surface area contributed by atoms with Crippen molar-refractivity contribution < 1.29 is 4.79 Å². The quantitative estimate of drug-likeness (QED) is 0.592. The molecular weight excluding hydrogens is 250 g/mol. The van der Waals surface area contributed by atoms with Gasteiger partial charge < -0.3 is 10.2 Å². The third-order valence-electron chi connectivity index (χ3n) is 3.74. The van der Waals surface area contributed by atoms with Gasteiger partial charge in [-0.25, -0.2) is 0 Å². The number of carbonyl (C=O) groups excluding carboxylic acids is 1. The van der Waals surface area contributed by atoms with Crippen LogP contribution in [0, 0.1) is 0 Å². The number of nitrogens with one attached hydrogen (secondary N) is 1. The van der Waals surface area contributed by atoms with Crippen LogP contribution in [0.15, 0.2) is 4.99 Å². The molecule has 1 aliphatic rings. The molecule has 1 N–H and O–H groups in total. The molecule has 0 saturated carbocycles. The maximum Gasteiger partial charge on any atom is 0.220 e. The molecule has 0 aromatic carbocycles. The first-order valence-corrected chi connectivity index (χ1v) is 8.32. The Kier molecular flexibility index (Phi) is 9.09. The number of hydrogen-bond donors (Lipinski definition) is 1. The standard InChI is InChI=1S/C16H31N3O/c1-3-5-7-9-15-17-11-13-19(15)14-12-18-16(20)10-8-6-4-2/h3-14H2,1-2H3,(H,18,20). The molecular formula is C16H31N3O. The van der Waals surface area contributed by atoms with E-state index in [0.717, 1.165) is 45.4 Å². The van der Waals surface area contributed by atoms with Crippen molar-refractivity contribution in [1.29, 1.82) is 0 Å². The maximum absolute atomic E-state index is 11.6. The first-order valence-electron chi connectivity index (χ1n) is 8.32. The first kappa shape index (κ1) is 17.0. The van der Waals surface area contributed by atoms with Crippen LogP contribution in [0.3, 0.4) is 0 Å². The van der Waals surface area contributed by atoms with E-state index in [9.17, 15) is 4.79 Å². The van der Waals surface area contributed by atoms with Gasteiger partial charge in [0.05, 0.1) is 12.4 Å². The summed E-state index contributed by atoms with van der Waals surface area (Å²) >= 11 is 0. The molecule has 0 spiro atoms. The van der Waals surface area contributed by atoms with Crippen LogP contribution < -0.4 is 5.32 Å². The molecule has 0 fully saturated rings. The number of aliphatic imine (C=N–C) groups is 1. The lowest BCUT2D eigenvalue weighted by molar-refractivity contribution is -0.121. The van der Waals surface area contributed by atoms with E-state index >= 15 is 0 Å². The van der Waals surface area contributed by atoms with E-state index in [4.69, 9.17) is 0 Å². The van der Waals surface area contributed by atoms with Gasteiger partial charge in [0.25, 0.3) is 0 Å². The lowest BCUT2D eigenvalue weighted by Crippen LogP contribution is -2.36. The van der Waals surface area contributed by atoms with Gasteiger partial charge in [0.15, 0.2) is 0 Å². The van der Waals surface area contributed by atoms with E-state index < -0.39 is 0 Å².